The van der Waals surface area contributed by atoms with Gasteiger partial charge in [0.2, 0.25) is 0 Å². The van der Waals surface area contributed by atoms with Crippen molar-refractivity contribution in [3.05, 3.63) is 66.1 Å². The van der Waals surface area contributed by atoms with E-state index in [2.05, 4.69) is 20.0 Å². The van der Waals surface area contributed by atoms with Crippen molar-refractivity contribution in [2.45, 2.75) is 6.92 Å². The second kappa shape index (κ2) is 5.86. The Bertz CT molecular complexity index is 1020. The van der Waals surface area contributed by atoms with Gasteiger partial charge in [-0.3, -0.25) is 4.79 Å². The molecule has 0 aliphatic heterocycles. The van der Waals surface area contributed by atoms with Crippen LogP contribution >= 0.6 is 11.5 Å². The summed E-state index contributed by atoms with van der Waals surface area (Å²) in [4.78, 5) is 12.5. The molecule has 0 bridgehead atoms. The predicted molar refractivity (Wildman–Crippen MR) is 93.7 cm³/mol. The molecule has 0 atom stereocenters. The molecule has 2 heterocycles. The van der Waals surface area contributed by atoms with Gasteiger partial charge < -0.3 is 5.32 Å². The van der Waals surface area contributed by atoms with Crippen LogP contribution in [0.4, 0.5) is 5.69 Å². The largest absolute Gasteiger partial charge is 0.322 e. The van der Waals surface area contributed by atoms with Crippen LogP contribution in [0.5, 0.6) is 0 Å². The van der Waals surface area contributed by atoms with Gasteiger partial charge in [0.05, 0.1) is 27.8 Å². The minimum atomic E-state index is -0.144. The number of nitrogens with one attached hydrogen (secondary N) is 1. The highest BCUT2D eigenvalue weighted by Crippen LogP contribution is 2.23. The van der Waals surface area contributed by atoms with E-state index in [4.69, 9.17) is 0 Å². The standard InChI is InChI=1S/C17H13N5OS/c1-11-9-18-21-22(11)14-7-5-13(6-8-14)20-17(23)15-4-2-3-12-10-19-24-16(12)15/h2-10H,1H3,(H,20,23). The van der Waals surface area contributed by atoms with Gasteiger partial charge in [-0.25, -0.2) is 4.68 Å². The molecule has 0 aliphatic rings. The van der Waals surface area contributed by atoms with Crippen LogP contribution in [0.2, 0.25) is 0 Å². The van der Waals surface area contributed by atoms with E-state index in [1.807, 2.05) is 49.4 Å². The van der Waals surface area contributed by atoms with Crippen molar-refractivity contribution >= 4 is 33.2 Å². The number of amides is 1. The fourth-order valence-electron chi connectivity index (χ4n) is 2.50. The number of carbonyl (C=O) groups is 1. The van der Waals surface area contributed by atoms with Crippen molar-refractivity contribution < 1.29 is 4.79 Å². The number of carbonyl (C=O) groups excluding carboxylic acids is 1. The Labute approximate surface area is 141 Å². The zero-order valence-corrected chi connectivity index (χ0v) is 13.6. The van der Waals surface area contributed by atoms with E-state index in [-0.39, 0.29) is 5.91 Å². The predicted octanol–water partition coefficient (Wildman–Crippen LogP) is 3.44. The summed E-state index contributed by atoms with van der Waals surface area (Å²) in [6.45, 7) is 1.94. The molecule has 1 N–H and O–H groups in total. The number of aromatic nitrogens is 4. The van der Waals surface area contributed by atoms with Gasteiger partial charge >= 0.3 is 0 Å². The van der Waals surface area contributed by atoms with E-state index in [0.717, 1.165) is 27.2 Å². The summed E-state index contributed by atoms with van der Waals surface area (Å²) in [7, 11) is 0. The van der Waals surface area contributed by atoms with Gasteiger partial charge in [-0.2, -0.15) is 4.37 Å². The Morgan fingerprint density at radius 3 is 2.71 bits per heavy atom. The lowest BCUT2D eigenvalue weighted by Gasteiger charge is -2.08. The van der Waals surface area contributed by atoms with Crippen LogP contribution in [-0.4, -0.2) is 25.3 Å². The molecule has 0 spiro atoms. The first-order valence-electron chi connectivity index (χ1n) is 7.35. The molecule has 0 unspecified atom stereocenters. The number of anilines is 1. The second-order valence-electron chi connectivity index (χ2n) is 5.34. The van der Waals surface area contributed by atoms with Gasteiger partial charge in [-0.05, 0) is 48.8 Å². The first kappa shape index (κ1) is 14.5. The quantitative estimate of drug-likeness (QED) is 0.622. The fourth-order valence-corrected chi connectivity index (χ4v) is 3.26. The molecule has 0 aliphatic carbocycles. The van der Waals surface area contributed by atoms with E-state index in [0.29, 0.717) is 5.56 Å². The molecule has 0 radical (unpaired) electrons. The number of nitrogens with zero attached hydrogens (tertiary/aromatic N) is 4. The lowest BCUT2D eigenvalue weighted by atomic mass is 10.1. The van der Waals surface area contributed by atoms with Gasteiger partial charge in [0.25, 0.3) is 5.91 Å². The fraction of sp³-hybridized carbons (Fsp3) is 0.0588. The van der Waals surface area contributed by atoms with E-state index in [1.54, 1.807) is 17.1 Å². The van der Waals surface area contributed by atoms with Crippen molar-refractivity contribution in [3.8, 4) is 5.69 Å². The van der Waals surface area contributed by atoms with Crippen LogP contribution in [0.15, 0.2) is 54.9 Å². The maximum Gasteiger partial charge on any atom is 0.257 e. The van der Waals surface area contributed by atoms with Crippen molar-refractivity contribution in [1.82, 2.24) is 19.4 Å². The minimum absolute atomic E-state index is 0.144. The first-order valence-corrected chi connectivity index (χ1v) is 8.12. The van der Waals surface area contributed by atoms with Gasteiger partial charge in [0.15, 0.2) is 0 Å². The summed E-state index contributed by atoms with van der Waals surface area (Å²) < 4.78 is 6.78. The molecule has 0 fully saturated rings. The van der Waals surface area contributed by atoms with Gasteiger partial charge in [0, 0.05) is 17.3 Å². The maximum atomic E-state index is 12.5. The summed E-state index contributed by atoms with van der Waals surface area (Å²) in [5.74, 6) is -0.144. The van der Waals surface area contributed by atoms with Crippen LogP contribution in [0.1, 0.15) is 16.1 Å². The Morgan fingerprint density at radius 1 is 1.12 bits per heavy atom. The van der Waals surface area contributed by atoms with Crippen LogP contribution in [0.25, 0.3) is 15.8 Å². The normalized spacial score (nSPS) is 10.9. The number of aryl methyl sites for hydroxylation is 1. The maximum absolute atomic E-state index is 12.5. The van der Waals surface area contributed by atoms with Crippen LogP contribution in [-0.2, 0) is 0 Å². The van der Waals surface area contributed by atoms with E-state index in [1.165, 1.54) is 11.5 Å². The van der Waals surface area contributed by atoms with E-state index in [9.17, 15) is 4.79 Å². The molecule has 0 saturated heterocycles. The van der Waals surface area contributed by atoms with Gasteiger partial charge in [-0.15, -0.1) is 5.10 Å². The smallest absolute Gasteiger partial charge is 0.257 e. The molecule has 24 heavy (non-hydrogen) atoms. The third kappa shape index (κ3) is 2.55. The zero-order valence-electron chi connectivity index (χ0n) is 12.8. The number of hydrogen-bond acceptors (Lipinski definition) is 5. The minimum Gasteiger partial charge on any atom is -0.322 e. The summed E-state index contributed by atoms with van der Waals surface area (Å²) in [6, 6.07) is 13.1. The van der Waals surface area contributed by atoms with Gasteiger partial charge in [-0.1, -0.05) is 17.3 Å². The Hall–Kier alpha value is -3.06. The molecule has 0 saturated carbocycles. The highest BCUT2D eigenvalue weighted by molar-refractivity contribution is 7.13. The lowest BCUT2D eigenvalue weighted by Crippen LogP contribution is -2.12. The Balaban J connectivity index is 1.58. The third-order valence-corrected chi connectivity index (χ3v) is 4.56. The molecular weight excluding hydrogens is 322 g/mol. The van der Waals surface area contributed by atoms with Gasteiger partial charge in [0.1, 0.15) is 0 Å². The average Bonchev–Trinajstić information content (AvgIpc) is 3.24. The molecule has 2 aromatic carbocycles. The number of fused-ring (bicyclic) bond motifs is 1. The summed E-state index contributed by atoms with van der Waals surface area (Å²) >= 11 is 1.33. The molecule has 4 aromatic rings. The molecule has 4 rings (SSSR count). The lowest BCUT2D eigenvalue weighted by molar-refractivity contribution is 0.102. The van der Waals surface area contributed by atoms with E-state index < -0.39 is 0 Å². The monoisotopic (exact) mass is 335 g/mol. The molecular formula is C17H13N5OS. The van der Waals surface area contributed by atoms with Crippen molar-refractivity contribution in [3.63, 3.8) is 0 Å². The molecule has 2 aromatic heterocycles. The number of rotatable bonds is 3. The molecule has 7 heteroatoms. The van der Waals surface area contributed by atoms with Crippen molar-refractivity contribution in [2.24, 2.45) is 0 Å². The van der Waals surface area contributed by atoms with Crippen LogP contribution < -0.4 is 5.32 Å². The SMILES string of the molecule is Cc1cnnn1-c1ccc(NC(=O)c2cccc3cnsc23)cc1. The summed E-state index contributed by atoms with van der Waals surface area (Å²) in [6.07, 6.45) is 3.47. The second-order valence-corrected chi connectivity index (χ2v) is 6.14. The molecule has 1 amide bonds. The number of benzene rings is 2. The molecule has 118 valence electrons. The average molecular weight is 335 g/mol. The summed E-state index contributed by atoms with van der Waals surface area (Å²) in [5, 5.41) is 11.8. The Kier molecular flexibility index (Phi) is 3.55. The highest BCUT2D eigenvalue weighted by Gasteiger charge is 2.12. The summed E-state index contributed by atoms with van der Waals surface area (Å²) in [5.41, 5.74) is 3.20. The topological polar surface area (TPSA) is 72.7 Å². The van der Waals surface area contributed by atoms with E-state index >= 15 is 0 Å². The first-order chi connectivity index (χ1) is 11.7. The third-order valence-electron chi connectivity index (χ3n) is 3.72. The van der Waals surface area contributed by atoms with Crippen molar-refractivity contribution in [1.29, 1.82) is 0 Å². The Morgan fingerprint density at radius 2 is 1.96 bits per heavy atom. The zero-order chi connectivity index (χ0) is 16.5. The number of hydrogen-bond donors (Lipinski definition) is 1. The van der Waals surface area contributed by atoms with Crippen LogP contribution in [0, 0.1) is 6.92 Å². The van der Waals surface area contributed by atoms with Crippen LogP contribution in [0.3, 0.4) is 0 Å². The van der Waals surface area contributed by atoms with Crippen molar-refractivity contribution in [2.75, 3.05) is 5.32 Å². The highest BCUT2D eigenvalue weighted by atomic mass is 32.1. The molecule has 6 nitrogen and oxygen atoms in total.